The highest BCUT2D eigenvalue weighted by molar-refractivity contribution is 5.60. The largest absolute Gasteiger partial charge is 0.380 e. The number of ether oxygens (including phenoxy) is 1. The lowest BCUT2D eigenvalue weighted by molar-refractivity contribution is 0.185. The van der Waals surface area contributed by atoms with E-state index in [0.29, 0.717) is 12.6 Å². The molecule has 0 atom stereocenters. The third-order valence-electron chi connectivity index (χ3n) is 2.57. The van der Waals surface area contributed by atoms with Gasteiger partial charge in [-0.15, -0.1) is 0 Å². The number of aromatic nitrogens is 2. The summed E-state index contributed by atoms with van der Waals surface area (Å²) < 4.78 is 5.18. The van der Waals surface area contributed by atoms with Crippen LogP contribution in [-0.2, 0) is 11.3 Å². The van der Waals surface area contributed by atoms with Gasteiger partial charge >= 0.3 is 0 Å². The van der Waals surface area contributed by atoms with E-state index in [1.165, 1.54) is 0 Å². The summed E-state index contributed by atoms with van der Waals surface area (Å²) in [6.07, 6.45) is 1.73. The topological polar surface area (TPSA) is 59.1 Å². The Morgan fingerprint density at radius 1 is 1.21 bits per heavy atom. The first-order valence-corrected chi connectivity index (χ1v) is 6.24. The Morgan fingerprint density at radius 2 is 2.05 bits per heavy atom. The molecule has 2 rings (SSSR count). The predicted molar refractivity (Wildman–Crippen MR) is 76.6 cm³/mol. The maximum absolute atomic E-state index is 5.18. The van der Waals surface area contributed by atoms with Crippen LogP contribution >= 0.6 is 0 Å². The molecule has 0 bridgehead atoms. The fraction of sp³-hybridized carbons (Fsp3) is 0.286. The molecule has 1 aromatic carbocycles. The Hall–Kier alpha value is -2.14. The van der Waals surface area contributed by atoms with Crippen LogP contribution in [0.25, 0.3) is 0 Å². The summed E-state index contributed by atoms with van der Waals surface area (Å²) in [4.78, 5) is 8.53. The fourth-order valence-corrected chi connectivity index (χ4v) is 1.73. The smallest absolute Gasteiger partial charge is 0.224 e. The first-order chi connectivity index (χ1) is 9.33. The average molecular weight is 258 g/mol. The van der Waals surface area contributed by atoms with Crippen molar-refractivity contribution in [2.45, 2.75) is 13.5 Å². The number of hydrogen-bond donors (Lipinski definition) is 2. The molecule has 2 N–H and O–H groups in total. The van der Waals surface area contributed by atoms with Crippen LogP contribution in [0, 0.1) is 0 Å². The zero-order valence-electron chi connectivity index (χ0n) is 11.2. The van der Waals surface area contributed by atoms with Crippen LogP contribution in [0.1, 0.15) is 12.5 Å². The SMILES string of the molecule is CCNc1nccc(Nc2ccccc2COC)n1. The van der Waals surface area contributed by atoms with Crippen molar-refractivity contribution in [3.63, 3.8) is 0 Å². The molecule has 0 spiro atoms. The van der Waals surface area contributed by atoms with Crippen molar-refractivity contribution in [3.05, 3.63) is 42.1 Å². The van der Waals surface area contributed by atoms with Crippen molar-refractivity contribution in [2.75, 3.05) is 24.3 Å². The molecule has 0 aliphatic heterocycles. The minimum Gasteiger partial charge on any atom is -0.380 e. The van der Waals surface area contributed by atoms with Crippen molar-refractivity contribution in [2.24, 2.45) is 0 Å². The third-order valence-corrected chi connectivity index (χ3v) is 2.57. The molecular formula is C14H18N4O. The molecule has 0 aliphatic rings. The van der Waals surface area contributed by atoms with Crippen LogP contribution in [0.3, 0.4) is 0 Å². The number of nitrogens with zero attached hydrogens (tertiary/aromatic N) is 2. The monoisotopic (exact) mass is 258 g/mol. The number of nitrogens with one attached hydrogen (secondary N) is 2. The quantitative estimate of drug-likeness (QED) is 0.834. The van der Waals surface area contributed by atoms with Crippen molar-refractivity contribution in [3.8, 4) is 0 Å². The van der Waals surface area contributed by atoms with Gasteiger partial charge in [0.25, 0.3) is 0 Å². The first-order valence-electron chi connectivity index (χ1n) is 6.24. The summed E-state index contributed by atoms with van der Waals surface area (Å²) in [7, 11) is 1.69. The molecule has 1 heterocycles. The molecule has 0 radical (unpaired) electrons. The van der Waals surface area contributed by atoms with Gasteiger partial charge in [-0.3, -0.25) is 0 Å². The molecule has 0 amide bonds. The average Bonchev–Trinajstić information content (AvgIpc) is 2.42. The predicted octanol–water partition coefficient (Wildman–Crippen LogP) is 2.80. The number of para-hydroxylation sites is 1. The van der Waals surface area contributed by atoms with Gasteiger partial charge in [0.2, 0.25) is 5.95 Å². The summed E-state index contributed by atoms with van der Waals surface area (Å²) in [6.45, 7) is 3.37. The molecule has 100 valence electrons. The molecular weight excluding hydrogens is 240 g/mol. The molecule has 2 aromatic rings. The normalized spacial score (nSPS) is 10.2. The van der Waals surface area contributed by atoms with E-state index < -0.39 is 0 Å². The maximum Gasteiger partial charge on any atom is 0.224 e. The van der Waals surface area contributed by atoms with E-state index in [2.05, 4.69) is 20.6 Å². The Kier molecular flexibility index (Phi) is 4.69. The highest BCUT2D eigenvalue weighted by Gasteiger charge is 2.03. The van der Waals surface area contributed by atoms with Gasteiger partial charge < -0.3 is 15.4 Å². The van der Waals surface area contributed by atoms with E-state index in [1.54, 1.807) is 13.3 Å². The number of rotatable bonds is 6. The summed E-state index contributed by atoms with van der Waals surface area (Å²) in [5, 5.41) is 6.37. The second-order valence-electron chi connectivity index (χ2n) is 4.01. The van der Waals surface area contributed by atoms with Gasteiger partial charge in [0.05, 0.1) is 6.61 Å². The van der Waals surface area contributed by atoms with E-state index in [9.17, 15) is 0 Å². The van der Waals surface area contributed by atoms with Gasteiger partial charge in [-0.1, -0.05) is 18.2 Å². The van der Waals surface area contributed by atoms with E-state index in [4.69, 9.17) is 4.74 Å². The zero-order valence-corrected chi connectivity index (χ0v) is 11.2. The second kappa shape index (κ2) is 6.70. The lowest BCUT2D eigenvalue weighted by Crippen LogP contribution is -2.04. The van der Waals surface area contributed by atoms with Crippen LogP contribution in [-0.4, -0.2) is 23.6 Å². The Morgan fingerprint density at radius 3 is 2.84 bits per heavy atom. The van der Waals surface area contributed by atoms with Crippen LogP contribution in [0.15, 0.2) is 36.5 Å². The standard InChI is InChI=1S/C14H18N4O/c1-3-15-14-16-9-8-13(18-14)17-12-7-5-4-6-11(12)10-19-2/h4-9H,3,10H2,1-2H3,(H2,15,16,17,18). The molecule has 0 aliphatic carbocycles. The van der Waals surface area contributed by atoms with Crippen LogP contribution in [0.5, 0.6) is 0 Å². The lowest BCUT2D eigenvalue weighted by atomic mass is 10.2. The fourth-order valence-electron chi connectivity index (χ4n) is 1.73. The zero-order chi connectivity index (χ0) is 13.5. The first kappa shape index (κ1) is 13.3. The highest BCUT2D eigenvalue weighted by Crippen LogP contribution is 2.20. The summed E-state index contributed by atoms with van der Waals surface area (Å²) >= 11 is 0. The second-order valence-corrected chi connectivity index (χ2v) is 4.01. The van der Waals surface area contributed by atoms with Gasteiger partial charge in [0, 0.05) is 31.1 Å². The van der Waals surface area contributed by atoms with Gasteiger partial charge in [0.15, 0.2) is 0 Å². The Balaban J connectivity index is 2.18. The highest BCUT2D eigenvalue weighted by atomic mass is 16.5. The Labute approximate surface area is 113 Å². The van der Waals surface area contributed by atoms with Gasteiger partial charge in [-0.2, -0.15) is 4.98 Å². The molecule has 0 unspecified atom stereocenters. The summed E-state index contributed by atoms with van der Waals surface area (Å²) in [6, 6.07) is 9.84. The number of methoxy groups -OCH3 is 1. The van der Waals surface area contributed by atoms with Crippen LogP contribution in [0.2, 0.25) is 0 Å². The summed E-state index contributed by atoms with van der Waals surface area (Å²) in [5.41, 5.74) is 2.08. The number of benzene rings is 1. The van der Waals surface area contributed by atoms with E-state index in [1.807, 2.05) is 37.3 Å². The van der Waals surface area contributed by atoms with Crippen molar-refractivity contribution in [1.29, 1.82) is 0 Å². The molecule has 1 aromatic heterocycles. The molecule has 0 saturated heterocycles. The minimum atomic E-state index is 0.564. The molecule has 0 fully saturated rings. The number of hydrogen-bond acceptors (Lipinski definition) is 5. The maximum atomic E-state index is 5.18. The van der Waals surface area contributed by atoms with Crippen molar-refractivity contribution in [1.82, 2.24) is 9.97 Å². The molecule has 5 heteroatoms. The Bertz CT molecular complexity index is 530. The molecule has 19 heavy (non-hydrogen) atoms. The van der Waals surface area contributed by atoms with E-state index >= 15 is 0 Å². The molecule has 0 saturated carbocycles. The number of anilines is 3. The third kappa shape index (κ3) is 3.66. The van der Waals surface area contributed by atoms with Crippen LogP contribution < -0.4 is 10.6 Å². The minimum absolute atomic E-state index is 0.564. The van der Waals surface area contributed by atoms with Gasteiger partial charge in [0.1, 0.15) is 5.82 Å². The van der Waals surface area contributed by atoms with Crippen molar-refractivity contribution < 1.29 is 4.74 Å². The van der Waals surface area contributed by atoms with Gasteiger partial charge in [-0.25, -0.2) is 4.98 Å². The van der Waals surface area contributed by atoms with Gasteiger partial charge in [-0.05, 0) is 19.1 Å². The lowest BCUT2D eigenvalue weighted by Gasteiger charge is -2.11. The summed E-state index contributed by atoms with van der Waals surface area (Å²) in [5.74, 6) is 1.38. The van der Waals surface area contributed by atoms with E-state index in [-0.39, 0.29) is 0 Å². The van der Waals surface area contributed by atoms with Crippen LogP contribution in [0.4, 0.5) is 17.5 Å². The molecule has 5 nitrogen and oxygen atoms in total. The van der Waals surface area contributed by atoms with E-state index in [0.717, 1.165) is 23.6 Å². The van der Waals surface area contributed by atoms with Crippen molar-refractivity contribution >= 4 is 17.5 Å².